The minimum atomic E-state index is -0.308. The Hall–Kier alpha value is -1.37. The Labute approximate surface area is 111 Å². The lowest BCUT2D eigenvalue weighted by Crippen LogP contribution is -2.41. The molecule has 94 valence electrons. The van der Waals surface area contributed by atoms with E-state index in [1.165, 1.54) is 4.88 Å². The first kappa shape index (κ1) is 13.1. The van der Waals surface area contributed by atoms with Crippen LogP contribution in [0.4, 0.5) is 0 Å². The van der Waals surface area contributed by atoms with Gasteiger partial charge in [-0.1, -0.05) is 11.8 Å². The second-order valence-electron chi connectivity index (χ2n) is 3.99. The topological polar surface area (TPSA) is 62.3 Å². The SMILES string of the molecule is N#CC1CN(Cc2sccc2C#CCN)CCO1. The molecule has 1 aliphatic heterocycles. The van der Waals surface area contributed by atoms with E-state index in [-0.39, 0.29) is 6.10 Å². The van der Waals surface area contributed by atoms with Crippen LogP contribution in [-0.4, -0.2) is 37.2 Å². The molecule has 1 aliphatic rings. The third kappa shape index (κ3) is 3.32. The van der Waals surface area contributed by atoms with Crippen LogP contribution in [0.2, 0.25) is 0 Å². The van der Waals surface area contributed by atoms with Crippen molar-refractivity contribution >= 4 is 11.3 Å². The number of ether oxygens (including phenoxy) is 1. The van der Waals surface area contributed by atoms with Crippen molar-refractivity contribution < 1.29 is 4.74 Å². The minimum absolute atomic E-state index is 0.308. The molecule has 0 saturated carbocycles. The molecule has 0 spiro atoms. The third-order valence-corrected chi connectivity index (χ3v) is 3.64. The number of rotatable bonds is 2. The molecule has 0 bridgehead atoms. The van der Waals surface area contributed by atoms with E-state index < -0.39 is 0 Å². The maximum absolute atomic E-state index is 8.87. The summed E-state index contributed by atoms with van der Waals surface area (Å²) < 4.78 is 5.33. The van der Waals surface area contributed by atoms with E-state index in [1.54, 1.807) is 11.3 Å². The average Bonchev–Trinajstić information content (AvgIpc) is 2.84. The van der Waals surface area contributed by atoms with Gasteiger partial charge in [-0.2, -0.15) is 5.26 Å². The van der Waals surface area contributed by atoms with Gasteiger partial charge in [0.25, 0.3) is 0 Å². The maximum atomic E-state index is 8.87. The van der Waals surface area contributed by atoms with E-state index in [0.29, 0.717) is 19.7 Å². The van der Waals surface area contributed by atoms with Gasteiger partial charge >= 0.3 is 0 Å². The van der Waals surface area contributed by atoms with Crippen LogP contribution in [0.15, 0.2) is 11.4 Å². The van der Waals surface area contributed by atoms with E-state index in [2.05, 4.69) is 22.8 Å². The molecule has 0 aliphatic carbocycles. The van der Waals surface area contributed by atoms with Crippen LogP contribution in [0.5, 0.6) is 0 Å². The molecule has 1 atom stereocenters. The monoisotopic (exact) mass is 261 g/mol. The molecule has 0 aromatic carbocycles. The highest BCUT2D eigenvalue weighted by Gasteiger charge is 2.20. The average molecular weight is 261 g/mol. The van der Waals surface area contributed by atoms with Crippen molar-refractivity contribution in [3.8, 4) is 17.9 Å². The smallest absolute Gasteiger partial charge is 0.156 e. The molecule has 1 aromatic rings. The zero-order valence-corrected chi connectivity index (χ0v) is 10.9. The van der Waals surface area contributed by atoms with Gasteiger partial charge in [-0.15, -0.1) is 11.3 Å². The van der Waals surface area contributed by atoms with Crippen molar-refractivity contribution in [3.05, 3.63) is 21.9 Å². The first-order chi connectivity index (χ1) is 8.83. The molecule has 1 unspecified atom stereocenters. The summed E-state index contributed by atoms with van der Waals surface area (Å²) in [7, 11) is 0. The number of morpholine rings is 1. The number of nitriles is 1. The van der Waals surface area contributed by atoms with Crippen LogP contribution >= 0.6 is 11.3 Å². The molecular weight excluding hydrogens is 246 g/mol. The summed E-state index contributed by atoms with van der Waals surface area (Å²) in [6.45, 7) is 3.35. The van der Waals surface area contributed by atoms with E-state index in [1.807, 2.05) is 11.4 Å². The lowest BCUT2D eigenvalue weighted by Gasteiger charge is -2.29. The van der Waals surface area contributed by atoms with E-state index in [9.17, 15) is 0 Å². The summed E-state index contributed by atoms with van der Waals surface area (Å²) >= 11 is 1.69. The molecule has 1 saturated heterocycles. The Morgan fingerprint density at radius 1 is 1.61 bits per heavy atom. The van der Waals surface area contributed by atoms with Gasteiger partial charge in [0.05, 0.1) is 19.2 Å². The van der Waals surface area contributed by atoms with Crippen LogP contribution in [0.25, 0.3) is 0 Å². The van der Waals surface area contributed by atoms with Crippen molar-refractivity contribution in [3.63, 3.8) is 0 Å². The lowest BCUT2D eigenvalue weighted by atomic mass is 10.2. The van der Waals surface area contributed by atoms with Crippen molar-refractivity contribution in [2.24, 2.45) is 5.73 Å². The Morgan fingerprint density at radius 3 is 3.28 bits per heavy atom. The predicted octanol–water partition coefficient (Wildman–Crippen LogP) is 0.783. The Balaban J connectivity index is 2.01. The molecule has 2 heterocycles. The van der Waals surface area contributed by atoms with E-state index in [0.717, 1.165) is 18.7 Å². The summed E-state index contributed by atoms with van der Waals surface area (Å²) in [5.41, 5.74) is 6.43. The summed E-state index contributed by atoms with van der Waals surface area (Å²) in [6, 6.07) is 4.18. The van der Waals surface area contributed by atoms with Gasteiger partial charge in [-0.25, -0.2) is 0 Å². The van der Waals surface area contributed by atoms with Crippen LogP contribution in [0.1, 0.15) is 10.4 Å². The van der Waals surface area contributed by atoms with Crippen molar-refractivity contribution in [2.45, 2.75) is 12.6 Å². The van der Waals surface area contributed by atoms with Gasteiger partial charge in [0.15, 0.2) is 6.10 Å². The number of hydrogen-bond acceptors (Lipinski definition) is 5. The van der Waals surface area contributed by atoms with E-state index in [4.69, 9.17) is 15.7 Å². The molecular formula is C13H15N3OS. The van der Waals surface area contributed by atoms with E-state index >= 15 is 0 Å². The number of thiophene rings is 1. The standard InChI is InChI=1S/C13H15N3OS/c14-4-1-2-11-3-7-18-13(11)10-16-5-6-17-12(8-15)9-16/h3,7,12H,4-6,9-10,14H2. The van der Waals surface area contributed by atoms with Crippen molar-refractivity contribution in [1.82, 2.24) is 4.90 Å². The van der Waals surface area contributed by atoms with Crippen LogP contribution in [0, 0.1) is 23.2 Å². The third-order valence-electron chi connectivity index (χ3n) is 2.73. The Bertz CT molecular complexity index is 494. The summed E-state index contributed by atoms with van der Waals surface area (Å²) in [6.07, 6.45) is -0.308. The summed E-state index contributed by atoms with van der Waals surface area (Å²) in [5.74, 6) is 5.96. The summed E-state index contributed by atoms with van der Waals surface area (Å²) in [4.78, 5) is 3.46. The highest BCUT2D eigenvalue weighted by Crippen LogP contribution is 2.19. The zero-order valence-electron chi connectivity index (χ0n) is 10.1. The largest absolute Gasteiger partial charge is 0.361 e. The number of nitrogens with zero attached hydrogens (tertiary/aromatic N) is 2. The molecule has 18 heavy (non-hydrogen) atoms. The lowest BCUT2D eigenvalue weighted by molar-refractivity contribution is -0.00235. The first-order valence-corrected chi connectivity index (χ1v) is 6.70. The number of nitrogens with two attached hydrogens (primary N) is 1. The van der Waals surface area contributed by atoms with Gasteiger partial charge in [-0.3, -0.25) is 4.90 Å². The molecule has 0 amide bonds. The van der Waals surface area contributed by atoms with Crippen LogP contribution in [-0.2, 0) is 11.3 Å². The van der Waals surface area contributed by atoms with Crippen LogP contribution < -0.4 is 5.73 Å². The fourth-order valence-corrected chi connectivity index (χ4v) is 2.72. The van der Waals surface area contributed by atoms with Gasteiger partial charge in [0.2, 0.25) is 0 Å². The highest BCUT2D eigenvalue weighted by molar-refractivity contribution is 7.10. The molecule has 5 heteroatoms. The second kappa shape index (κ2) is 6.53. The highest BCUT2D eigenvalue weighted by atomic mass is 32.1. The molecule has 2 N–H and O–H groups in total. The quantitative estimate of drug-likeness (QED) is 0.799. The van der Waals surface area contributed by atoms with Crippen molar-refractivity contribution in [2.75, 3.05) is 26.2 Å². The molecule has 1 fully saturated rings. The van der Waals surface area contributed by atoms with Gasteiger partial charge in [0, 0.05) is 30.1 Å². The maximum Gasteiger partial charge on any atom is 0.156 e. The second-order valence-corrected chi connectivity index (χ2v) is 4.99. The molecule has 4 nitrogen and oxygen atoms in total. The molecule has 2 rings (SSSR count). The molecule has 1 aromatic heterocycles. The normalized spacial score (nSPS) is 19.9. The Morgan fingerprint density at radius 2 is 2.50 bits per heavy atom. The summed E-state index contributed by atoms with van der Waals surface area (Å²) in [5, 5.41) is 10.9. The number of hydrogen-bond donors (Lipinski definition) is 1. The first-order valence-electron chi connectivity index (χ1n) is 5.82. The van der Waals surface area contributed by atoms with Crippen LogP contribution in [0.3, 0.4) is 0 Å². The Kier molecular flexibility index (Phi) is 4.74. The minimum Gasteiger partial charge on any atom is -0.361 e. The fraction of sp³-hybridized carbons (Fsp3) is 0.462. The molecule has 0 radical (unpaired) electrons. The van der Waals surface area contributed by atoms with Crippen molar-refractivity contribution in [1.29, 1.82) is 5.26 Å². The van der Waals surface area contributed by atoms with Gasteiger partial charge in [-0.05, 0) is 11.4 Å². The zero-order chi connectivity index (χ0) is 12.8. The van der Waals surface area contributed by atoms with Gasteiger partial charge in [0.1, 0.15) is 0 Å². The van der Waals surface area contributed by atoms with Gasteiger partial charge < -0.3 is 10.5 Å². The predicted molar refractivity (Wildman–Crippen MR) is 70.9 cm³/mol. The fourth-order valence-electron chi connectivity index (χ4n) is 1.85.